The predicted octanol–water partition coefficient (Wildman–Crippen LogP) is 5.08. The van der Waals surface area contributed by atoms with Crippen molar-refractivity contribution in [3.8, 4) is 0 Å². The van der Waals surface area contributed by atoms with Gasteiger partial charge in [0.15, 0.2) is 0 Å². The van der Waals surface area contributed by atoms with Gasteiger partial charge in [0, 0.05) is 15.6 Å². The fourth-order valence-electron chi connectivity index (χ4n) is 2.07. The highest BCUT2D eigenvalue weighted by atomic mass is 79.9. The molecule has 0 saturated heterocycles. The van der Waals surface area contributed by atoms with Gasteiger partial charge >= 0.3 is 0 Å². The van der Waals surface area contributed by atoms with Crippen molar-refractivity contribution in [2.45, 2.75) is 13.0 Å². The molecule has 0 amide bonds. The summed E-state index contributed by atoms with van der Waals surface area (Å²) in [5, 5.41) is 3.12. The van der Waals surface area contributed by atoms with E-state index < -0.39 is 17.7 Å². The fourth-order valence-corrected chi connectivity index (χ4v) is 2.63. The molecule has 2 aromatic rings. The molecule has 5 heteroatoms. The molecule has 1 unspecified atom stereocenters. The molecule has 1 nitrogen and oxygen atoms in total. The van der Waals surface area contributed by atoms with Gasteiger partial charge in [-0.1, -0.05) is 46.6 Å². The first-order valence-corrected chi connectivity index (χ1v) is 7.34. The summed E-state index contributed by atoms with van der Waals surface area (Å²) in [6.45, 7) is 2.45. The average molecular weight is 361 g/mol. The van der Waals surface area contributed by atoms with E-state index in [1.807, 2.05) is 6.92 Å². The minimum Gasteiger partial charge on any atom is -0.306 e. The second-order valence-corrected chi connectivity index (χ2v) is 5.62. The number of nitrogens with one attached hydrogen (secondary N) is 1. The first-order chi connectivity index (χ1) is 9.54. The van der Waals surface area contributed by atoms with Crippen molar-refractivity contribution in [3.63, 3.8) is 0 Å². The predicted molar refractivity (Wildman–Crippen MR) is 81.0 cm³/mol. The molecule has 0 aromatic heterocycles. The third kappa shape index (κ3) is 3.19. The van der Waals surface area contributed by atoms with Crippen LogP contribution in [0.2, 0.25) is 5.02 Å². The lowest BCUT2D eigenvalue weighted by molar-refractivity contribution is 0.530. The SMILES string of the molecule is CCNC(c1cc(Br)ccc1F)c1cccc(Cl)c1F. The van der Waals surface area contributed by atoms with Gasteiger partial charge < -0.3 is 5.32 Å². The van der Waals surface area contributed by atoms with E-state index in [0.29, 0.717) is 17.7 Å². The van der Waals surface area contributed by atoms with Crippen LogP contribution in [0.4, 0.5) is 8.78 Å². The van der Waals surface area contributed by atoms with Crippen molar-refractivity contribution in [1.29, 1.82) is 0 Å². The Morgan fingerprint density at radius 2 is 1.95 bits per heavy atom. The highest BCUT2D eigenvalue weighted by Crippen LogP contribution is 2.31. The Morgan fingerprint density at radius 1 is 1.20 bits per heavy atom. The van der Waals surface area contributed by atoms with Crippen LogP contribution in [0, 0.1) is 11.6 Å². The summed E-state index contributed by atoms with van der Waals surface area (Å²) in [5.41, 5.74) is 0.707. The Kier molecular flexibility index (Phi) is 5.13. The fraction of sp³-hybridized carbons (Fsp3) is 0.200. The Bertz CT molecular complexity index is 617. The highest BCUT2D eigenvalue weighted by Gasteiger charge is 2.21. The van der Waals surface area contributed by atoms with Gasteiger partial charge in [0.05, 0.1) is 11.1 Å². The van der Waals surface area contributed by atoms with Gasteiger partial charge in [-0.2, -0.15) is 0 Å². The molecular formula is C15H13BrClF2N. The summed E-state index contributed by atoms with van der Waals surface area (Å²) in [6, 6.07) is 8.75. The number of rotatable bonds is 4. The van der Waals surface area contributed by atoms with Crippen molar-refractivity contribution < 1.29 is 8.78 Å². The van der Waals surface area contributed by atoms with E-state index in [2.05, 4.69) is 21.2 Å². The third-order valence-corrected chi connectivity index (χ3v) is 3.75. The molecule has 20 heavy (non-hydrogen) atoms. The zero-order chi connectivity index (χ0) is 14.7. The molecule has 0 fully saturated rings. The van der Waals surface area contributed by atoms with Crippen LogP contribution in [0.25, 0.3) is 0 Å². The molecule has 1 atom stereocenters. The first-order valence-electron chi connectivity index (χ1n) is 6.16. The topological polar surface area (TPSA) is 12.0 Å². The van der Waals surface area contributed by atoms with Crippen LogP contribution in [-0.2, 0) is 0 Å². The van der Waals surface area contributed by atoms with Crippen LogP contribution >= 0.6 is 27.5 Å². The largest absolute Gasteiger partial charge is 0.306 e. The molecule has 0 bridgehead atoms. The number of halogens is 4. The maximum Gasteiger partial charge on any atom is 0.146 e. The second kappa shape index (κ2) is 6.66. The summed E-state index contributed by atoms with van der Waals surface area (Å²) in [7, 11) is 0. The lowest BCUT2D eigenvalue weighted by atomic mass is 9.97. The summed E-state index contributed by atoms with van der Waals surface area (Å²) in [4.78, 5) is 0. The molecule has 0 aliphatic rings. The van der Waals surface area contributed by atoms with Crippen molar-refractivity contribution >= 4 is 27.5 Å². The molecule has 0 spiro atoms. The van der Waals surface area contributed by atoms with Crippen molar-refractivity contribution in [2.75, 3.05) is 6.54 Å². The van der Waals surface area contributed by atoms with Crippen molar-refractivity contribution in [2.24, 2.45) is 0 Å². The zero-order valence-corrected chi connectivity index (χ0v) is 13.1. The Hall–Kier alpha value is -0.970. The van der Waals surface area contributed by atoms with Gasteiger partial charge in [0.25, 0.3) is 0 Å². The monoisotopic (exact) mass is 359 g/mol. The Labute approximate surface area is 130 Å². The summed E-state index contributed by atoms with van der Waals surface area (Å²) >= 11 is 9.12. The molecule has 0 aliphatic carbocycles. The van der Waals surface area contributed by atoms with Crippen molar-refractivity contribution in [3.05, 3.63) is 68.7 Å². The molecule has 1 N–H and O–H groups in total. The standard InChI is InChI=1S/C15H13BrClF2N/c1-2-20-15(10-4-3-5-12(17)14(10)19)11-8-9(16)6-7-13(11)18/h3-8,15,20H,2H2,1H3. The van der Waals surface area contributed by atoms with Crippen LogP contribution in [0.3, 0.4) is 0 Å². The van der Waals surface area contributed by atoms with E-state index >= 15 is 0 Å². The van der Waals surface area contributed by atoms with Gasteiger partial charge in [0.2, 0.25) is 0 Å². The summed E-state index contributed by atoms with van der Waals surface area (Å²) in [6.07, 6.45) is 0. The van der Waals surface area contributed by atoms with E-state index in [-0.39, 0.29) is 5.02 Å². The summed E-state index contributed by atoms with van der Waals surface area (Å²) < 4.78 is 29.0. The van der Waals surface area contributed by atoms with Gasteiger partial charge in [0.1, 0.15) is 11.6 Å². The van der Waals surface area contributed by atoms with E-state index in [0.717, 1.165) is 4.47 Å². The van der Waals surface area contributed by atoms with E-state index in [1.165, 1.54) is 12.1 Å². The molecule has 0 saturated carbocycles. The quantitative estimate of drug-likeness (QED) is 0.802. The third-order valence-electron chi connectivity index (χ3n) is 2.97. The van der Waals surface area contributed by atoms with Crippen LogP contribution in [0.15, 0.2) is 40.9 Å². The summed E-state index contributed by atoms with van der Waals surface area (Å²) in [5.74, 6) is -0.919. The normalized spacial score (nSPS) is 12.4. The lowest BCUT2D eigenvalue weighted by Gasteiger charge is -2.20. The van der Waals surface area contributed by atoms with Gasteiger partial charge in [-0.05, 0) is 30.8 Å². The van der Waals surface area contributed by atoms with Crippen LogP contribution < -0.4 is 5.32 Å². The number of hydrogen-bond acceptors (Lipinski definition) is 1. The van der Waals surface area contributed by atoms with Gasteiger partial charge in [-0.3, -0.25) is 0 Å². The highest BCUT2D eigenvalue weighted by molar-refractivity contribution is 9.10. The second-order valence-electron chi connectivity index (χ2n) is 4.30. The molecule has 2 aromatic carbocycles. The molecule has 106 valence electrons. The van der Waals surface area contributed by atoms with Crippen LogP contribution in [0.1, 0.15) is 24.1 Å². The molecule has 0 aliphatic heterocycles. The molecular weight excluding hydrogens is 348 g/mol. The van der Waals surface area contributed by atoms with Crippen LogP contribution in [0.5, 0.6) is 0 Å². The maximum atomic E-state index is 14.2. The van der Waals surface area contributed by atoms with E-state index in [1.54, 1.807) is 24.3 Å². The zero-order valence-electron chi connectivity index (χ0n) is 10.8. The van der Waals surface area contributed by atoms with Gasteiger partial charge in [-0.15, -0.1) is 0 Å². The molecule has 0 heterocycles. The maximum absolute atomic E-state index is 14.2. The number of benzene rings is 2. The minimum absolute atomic E-state index is 0.0285. The molecule has 0 radical (unpaired) electrons. The van der Waals surface area contributed by atoms with E-state index in [4.69, 9.17) is 11.6 Å². The van der Waals surface area contributed by atoms with Crippen LogP contribution in [-0.4, -0.2) is 6.54 Å². The Balaban J connectivity index is 2.56. The first kappa shape index (κ1) is 15.4. The lowest BCUT2D eigenvalue weighted by Crippen LogP contribution is -2.24. The van der Waals surface area contributed by atoms with Crippen molar-refractivity contribution in [1.82, 2.24) is 5.32 Å². The smallest absolute Gasteiger partial charge is 0.146 e. The Morgan fingerprint density at radius 3 is 2.65 bits per heavy atom. The average Bonchev–Trinajstić information content (AvgIpc) is 2.43. The van der Waals surface area contributed by atoms with E-state index in [9.17, 15) is 8.78 Å². The minimum atomic E-state index is -0.587. The molecule has 2 rings (SSSR count). The number of hydrogen-bond donors (Lipinski definition) is 1. The van der Waals surface area contributed by atoms with Gasteiger partial charge in [-0.25, -0.2) is 8.78 Å².